The molecule has 2 atom stereocenters. The number of amides is 2. The third kappa shape index (κ3) is 5.51. The van der Waals surface area contributed by atoms with E-state index in [0.717, 1.165) is 17.0 Å². The maximum absolute atomic E-state index is 14.7. The van der Waals surface area contributed by atoms with Gasteiger partial charge in [0.15, 0.2) is 0 Å². The summed E-state index contributed by atoms with van der Waals surface area (Å²) in [5.74, 6) is -5.09. The minimum absolute atomic E-state index is 0.0822. The van der Waals surface area contributed by atoms with E-state index in [1.165, 1.54) is 7.11 Å². The van der Waals surface area contributed by atoms with Crippen molar-refractivity contribution in [1.82, 2.24) is 10.2 Å². The summed E-state index contributed by atoms with van der Waals surface area (Å²) in [6, 6.07) is 9.08. The summed E-state index contributed by atoms with van der Waals surface area (Å²) in [5, 5.41) is 7.31. The van der Waals surface area contributed by atoms with Crippen molar-refractivity contribution in [2.75, 3.05) is 19.5 Å². The van der Waals surface area contributed by atoms with Crippen molar-refractivity contribution < 1.29 is 36.3 Å². The maximum atomic E-state index is 14.7. The van der Waals surface area contributed by atoms with Crippen LogP contribution in [-0.2, 0) is 26.2 Å². The molecule has 3 rings (SSSR count). The topological polar surface area (TPSA) is 128 Å². The Kier molecular flexibility index (Phi) is 6.94. The monoisotopic (exact) mass is 469 g/mol. The lowest BCUT2D eigenvalue weighted by Crippen LogP contribution is -2.45. The lowest BCUT2D eigenvalue weighted by molar-refractivity contribution is -0.128. The van der Waals surface area contributed by atoms with Gasteiger partial charge in [-0.2, -0.15) is 0 Å². The molecule has 0 aromatic heterocycles. The van der Waals surface area contributed by atoms with Crippen LogP contribution in [0, 0.1) is 11.6 Å². The summed E-state index contributed by atoms with van der Waals surface area (Å²) >= 11 is 0. The van der Waals surface area contributed by atoms with E-state index in [1.54, 1.807) is 30.3 Å². The number of nitrogens with zero attached hydrogens (tertiary/aromatic N) is 1. The smallest absolute Gasteiger partial charge is 0.408 e. The van der Waals surface area contributed by atoms with Gasteiger partial charge >= 0.3 is 6.09 Å². The average molecular weight is 469 g/mol. The van der Waals surface area contributed by atoms with Crippen LogP contribution in [0.15, 0.2) is 42.5 Å². The van der Waals surface area contributed by atoms with Crippen LogP contribution < -0.4 is 15.2 Å². The van der Waals surface area contributed by atoms with Crippen LogP contribution in [0.1, 0.15) is 17.0 Å². The molecule has 0 radical (unpaired) electrons. The molecule has 1 aliphatic heterocycles. The molecule has 1 fully saturated rings. The van der Waals surface area contributed by atoms with E-state index in [0.29, 0.717) is 5.56 Å². The van der Waals surface area contributed by atoms with Crippen molar-refractivity contribution in [2.45, 2.75) is 18.6 Å². The molecule has 12 heteroatoms. The fraction of sp³-hybridized carbons (Fsp3) is 0.300. The van der Waals surface area contributed by atoms with Crippen LogP contribution >= 0.6 is 0 Å². The van der Waals surface area contributed by atoms with E-state index in [2.05, 4.69) is 5.32 Å². The molecule has 2 aromatic rings. The molecular formula is C20H21F2N3O6S. The van der Waals surface area contributed by atoms with Crippen LogP contribution in [0.2, 0.25) is 0 Å². The van der Waals surface area contributed by atoms with Gasteiger partial charge in [0.05, 0.1) is 7.11 Å². The van der Waals surface area contributed by atoms with Gasteiger partial charge in [0.1, 0.15) is 35.9 Å². The first-order chi connectivity index (χ1) is 15.1. The van der Waals surface area contributed by atoms with Gasteiger partial charge in [0.2, 0.25) is 15.9 Å². The molecule has 0 spiro atoms. The highest BCUT2D eigenvalue weighted by Crippen LogP contribution is 2.34. The second kappa shape index (κ2) is 9.49. The zero-order valence-electron chi connectivity index (χ0n) is 17.0. The van der Waals surface area contributed by atoms with E-state index in [1.807, 2.05) is 0 Å². The molecule has 32 heavy (non-hydrogen) atoms. The molecule has 172 valence electrons. The molecule has 0 saturated carbocycles. The fourth-order valence-corrected chi connectivity index (χ4v) is 4.15. The number of primary sulfonamides is 1. The van der Waals surface area contributed by atoms with Crippen LogP contribution in [-0.4, -0.2) is 50.9 Å². The summed E-state index contributed by atoms with van der Waals surface area (Å²) < 4.78 is 62.3. The molecule has 0 aliphatic carbocycles. The second-order valence-corrected chi connectivity index (χ2v) is 8.73. The minimum Gasteiger partial charge on any atom is -0.497 e. The van der Waals surface area contributed by atoms with E-state index in [9.17, 15) is 26.8 Å². The number of sulfonamides is 1. The lowest BCUT2D eigenvalue weighted by atomic mass is 9.93. The van der Waals surface area contributed by atoms with Crippen molar-refractivity contribution in [3.8, 4) is 5.75 Å². The molecule has 1 saturated heterocycles. The number of alkyl carbamates (subject to hydrolysis) is 1. The third-order valence-electron chi connectivity index (χ3n) is 4.88. The Bertz CT molecular complexity index is 1090. The minimum atomic E-state index is -4.12. The number of rotatable bonds is 7. The van der Waals surface area contributed by atoms with Crippen LogP contribution in [0.25, 0.3) is 0 Å². The first-order valence-electron chi connectivity index (χ1n) is 9.38. The molecule has 1 heterocycles. The van der Waals surface area contributed by atoms with Crippen molar-refractivity contribution in [3.63, 3.8) is 0 Å². The molecular weight excluding hydrogens is 448 g/mol. The van der Waals surface area contributed by atoms with Crippen LogP contribution in [0.5, 0.6) is 5.75 Å². The number of likely N-dealkylation sites (tertiary alicyclic amines) is 1. The summed E-state index contributed by atoms with van der Waals surface area (Å²) in [4.78, 5) is 25.9. The molecule has 0 unspecified atom stereocenters. The molecule has 0 bridgehead atoms. The van der Waals surface area contributed by atoms with Gasteiger partial charge < -0.3 is 19.7 Å². The number of benzene rings is 2. The van der Waals surface area contributed by atoms with Gasteiger partial charge in [-0.15, -0.1) is 0 Å². The Morgan fingerprint density at radius 3 is 2.41 bits per heavy atom. The Labute approximate surface area is 183 Å². The number of carbonyl (C=O) groups excluding carboxylic acids is 2. The number of hydrogen-bond acceptors (Lipinski definition) is 6. The number of carbonyl (C=O) groups is 2. The molecule has 1 aliphatic rings. The first-order valence-corrected chi connectivity index (χ1v) is 11.1. The summed E-state index contributed by atoms with van der Waals surface area (Å²) in [5.41, 5.74) is 0.185. The third-order valence-corrected chi connectivity index (χ3v) is 5.55. The highest BCUT2D eigenvalue weighted by atomic mass is 32.2. The normalized spacial score (nSPS) is 18.5. The molecule has 3 N–H and O–H groups in total. The first kappa shape index (κ1) is 23.4. The Morgan fingerprint density at radius 2 is 1.84 bits per heavy atom. The van der Waals surface area contributed by atoms with Crippen molar-refractivity contribution in [2.24, 2.45) is 5.14 Å². The van der Waals surface area contributed by atoms with E-state index in [4.69, 9.17) is 14.6 Å². The van der Waals surface area contributed by atoms with Gasteiger partial charge in [-0.1, -0.05) is 30.3 Å². The predicted octanol–water partition coefficient (Wildman–Crippen LogP) is 1.44. The largest absolute Gasteiger partial charge is 0.497 e. The second-order valence-electron chi connectivity index (χ2n) is 7.15. The van der Waals surface area contributed by atoms with E-state index >= 15 is 0 Å². The quantitative estimate of drug-likeness (QED) is 0.632. The number of ether oxygens (including phenoxy) is 2. The maximum Gasteiger partial charge on any atom is 0.408 e. The standard InChI is InChI=1S/C20H21F2N3O6S/c1-30-13-7-15(21)17(16(22)8-13)14-9-25(11-32(23,28)29)19(26)18(14)24-20(27)31-10-12-5-3-2-4-6-12/h2-8,14,18H,9-11H2,1H3,(H,24,27)(H2,23,28,29)/t14-,18-/m0/s1. The fourth-order valence-electron chi connectivity index (χ4n) is 3.48. The number of nitrogens with two attached hydrogens (primary N) is 1. The summed E-state index contributed by atoms with van der Waals surface area (Å²) in [6.07, 6.45) is -1.01. The van der Waals surface area contributed by atoms with Gasteiger partial charge in [-0.05, 0) is 5.56 Å². The zero-order chi connectivity index (χ0) is 23.5. The Balaban J connectivity index is 1.86. The SMILES string of the molecule is COc1cc(F)c([C@@H]2CN(CS(N)(=O)=O)C(=O)[C@H]2NC(=O)OCc2ccccc2)c(F)c1. The van der Waals surface area contributed by atoms with E-state index in [-0.39, 0.29) is 18.9 Å². The molecule has 2 aromatic carbocycles. The Hall–Kier alpha value is -3.25. The van der Waals surface area contributed by atoms with Gasteiger partial charge in [-0.25, -0.2) is 27.1 Å². The number of methoxy groups -OCH3 is 1. The summed E-state index contributed by atoms with van der Waals surface area (Å²) in [7, 11) is -2.89. The number of hydrogen-bond donors (Lipinski definition) is 2. The molecule has 9 nitrogen and oxygen atoms in total. The van der Waals surface area contributed by atoms with Gasteiger partial charge in [-0.3, -0.25) is 4.79 Å². The Morgan fingerprint density at radius 1 is 1.22 bits per heavy atom. The van der Waals surface area contributed by atoms with Gasteiger partial charge in [0.25, 0.3) is 0 Å². The van der Waals surface area contributed by atoms with Crippen LogP contribution in [0.3, 0.4) is 0 Å². The zero-order valence-corrected chi connectivity index (χ0v) is 17.8. The van der Waals surface area contributed by atoms with Gasteiger partial charge in [0, 0.05) is 30.2 Å². The average Bonchev–Trinajstić information content (AvgIpc) is 3.00. The number of halogens is 2. The van der Waals surface area contributed by atoms with Crippen LogP contribution in [0.4, 0.5) is 13.6 Å². The highest BCUT2D eigenvalue weighted by molar-refractivity contribution is 7.89. The predicted molar refractivity (Wildman–Crippen MR) is 109 cm³/mol. The lowest BCUT2D eigenvalue weighted by Gasteiger charge is -2.20. The molecule has 2 amide bonds. The number of nitrogens with one attached hydrogen (secondary N) is 1. The highest BCUT2D eigenvalue weighted by Gasteiger charge is 2.45. The van der Waals surface area contributed by atoms with Crippen molar-refractivity contribution in [1.29, 1.82) is 0 Å². The summed E-state index contributed by atoms with van der Waals surface area (Å²) in [6.45, 7) is -0.497. The van der Waals surface area contributed by atoms with Crippen molar-refractivity contribution >= 4 is 22.0 Å². The van der Waals surface area contributed by atoms with Crippen molar-refractivity contribution in [3.05, 3.63) is 65.2 Å². The van der Waals surface area contributed by atoms with E-state index < -0.39 is 57.1 Å².